The van der Waals surface area contributed by atoms with E-state index < -0.39 is 0 Å². The molecule has 180 valence electrons. The van der Waals surface area contributed by atoms with Gasteiger partial charge in [0.1, 0.15) is 0 Å². The number of nitrogens with two attached hydrogens (primary N) is 1. The van der Waals surface area contributed by atoms with Crippen molar-refractivity contribution >= 4 is 5.69 Å². The van der Waals surface area contributed by atoms with Gasteiger partial charge in [0.05, 0.1) is 0 Å². The van der Waals surface area contributed by atoms with Crippen molar-refractivity contribution in [1.29, 1.82) is 0 Å². The molecular formula is C36H31N. The van der Waals surface area contributed by atoms with Crippen molar-refractivity contribution in [3.8, 4) is 44.5 Å². The topological polar surface area (TPSA) is 26.0 Å². The number of hydrogen-bond acceptors (Lipinski definition) is 1. The van der Waals surface area contributed by atoms with Crippen molar-refractivity contribution in [1.82, 2.24) is 0 Å². The van der Waals surface area contributed by atoms with E-state index in [1.54, 1.807) is 0 Å². The molecule has 0 radical (unpaired) electrons. The minimum absolute atomic E-state index is 0.0285. The molecule has 2 N–H and O–H groups in total. The van der Waals surface area contributed by atoms with Gasteiger partial charge >= 0.3 is 0 Å². The van der Waals surface area contributed by atoms with Crippen LogP contribution in [0.5, 0.6) is 0 Å². The van der Waals surface area contributed by atoms with Gasteiger partial charge in [0.25, 0.3) is 0 Å². The molecule has 0 unspecified atom stereocenters. The van der Waals surface area contributed by atoms with Crippen LogP contribution in [0, 0.1) is 0 Å². The number of nitrogen functional groups attached to an aromatic ring is 1. The number of fused-ring (bicyclic) bond motifs is 6. The fourth-order valence-electron chi connectivity index (χ4n) is 6.80. The van der Waals surface area contributed by atoms with Gasteiger partial charge in [-0.25, -0.2) is 0 Å². The van der Waals surface area contributed by atoms with Gasteiger partial charge in [-0.05, 0) is 91.0 Å². The van der Waals surface area contributed by atoms with E-state index in [-0.39, 0.29) is 10.8 Å². The van der Waals surface area contributed by atoms with E-state index in [0.717, 1.165) is 5.69 Å². The Kier molecular flexibility index (Phi) is 4.46. The largest absolute Gasteiger partial charge is 0.399 e. The molecule has 0 amide bonds. The molecule has 0 saturated carbocycles. The van der Waals surface area contributed by atoms with Crippen LogP contribution < -0.4 is 5.73 Å². The van der Waals surface area contributed by atoms with Crippen molar-refractivity contribution in [3.05, 3.63) is 125 Å². The summed E-state index contributed by atoms with van der Waals surface area (Å²) in [4.78, 5) is 0. The molecule has 7 rings (SSSR count). The Hall–Kier alpha value is -4.10. The smallest absolute Gasteiger partial charge is 0.0320 e. The molecule has 0 aliphatic heterocycles. The molecular weight excluding hydrogens is 446 g/mol. The Bertz CT molecular complexity index is 1730. The molecule has 0 fully saturated rings. The lowest BCUT2D eigenvalue weighted by Gasteiger charge is -2.23. The lowest BCUT2D eigenvalue weighted by Crippen LogP contribution is -2.15. The van der Waals surface area contributed by atoms with Crippen LogP contribution in [0.4, 0.5) is 5.69 Å². The van der Waals surface area contributed by atoms with Gasteiger partial charge in [0.15, 0.2) is 0 Å². The van der Waals surface area contributed by atoms with Gasteiger partial charge in [-0.3, -0.25) is 0 Å². The zero-order valence-corrected chi connectivity index (χ0v) is 21.9. The highest BCUT2D eigenvalue weighted by molar-refractivity contribution is 5.91. The minimum Gasteiger partial charge on any atom is -0.399 e. The van der Waals surface area contributed by atoms with Gasteiger partial charge in [-0.15, -0.1) is 0 Å². The highest BCUT2D eigenvalue weighted by Gasteiger charge is 2.36. The van der Waals surface area contributed by atoms with E-state index >= 15 is 0 Å². The number of anilines is 1. The van der Waals surface area contributed by atoms with Crippen molar-refractivity contribution in [2.45, 2.75) is 38.5 Å². The van der Waals surface area contributed by atoms with E-state index in [0.29, 0.717) is 0 Å². The summed E-state index contributed by atoms with van der Waals surface area (Å²) in [5.74, 6) is 0. The van der Waals surface area contributed by atoms with Crippen molar-refractivity contribution < 1.29 is 0 Å². The normalized spacial score (nSPS) is 15.6. The fourth-order valence-corrected chi connectivity index (χ4v) is 6.80. The third kappa shape index (κ3) is 3.04. The number of benzene rings is 5. The average molecular weight is 478 g/mol. The molecule has 0 aromatic heterocycles. The molecule has 0 atom stereocenters. The summed E-state index contributed by atoms with van der Waals surface area (Å²) in [6.45, 7) is 9.35. The monoisotopic (exact) mass is 477 g/mol. The number of rotatable bonds is 2. The first-order chi connectivity index (χ1) is 17.8. The quantitative estimate of drug-likeness (QED) is 0.252. The summed E-state index contributed by atoms with van der Waals surface area (Å²) < 4.78 is 0. The molecule has 5 aromatic rings. The molecule has 0 saturated heterocycles. The van der Waals surface area contributed by atoms with E-state index in [1.807, 2.05) is 6.07 Å². The first-order valence-electron chi connectivity index (χ1n) is 13.2. The van der Waals surface area contributed by atoms with Crippen molar-refractivity contribution in [2.75, 3.05) is 5.73 Å². The first kappa shape index (κ1) is 22.1. The predicted octanol–water partition coefficient (Wildman–Crippen LogP) is 9.22. The van der Waals surface area contributed by atoms with Crippen LogP contribution in [0.3, 0.4) is 0 Å². The first-order valence-corrected chi connectivity index (χ1v) is 13.2. The predicted molar refractivity (Wildman–Crippen MR) is 157 cm³/mol. The van der Waals surface area contributed by atoms with E-state index in [9.17, 15) is 0 Å². The summed E-state index contributed by atoms with van der Waals surface area (Å²) in [6.07, 6.45) is 0. The van der Waals surface area contributed by atoms with E-state index in [2.05, 4.69) is 125 Å². The third-order valence-electron chi connectivity index (χ3n) is 8.83. The van der Waals surface area contributed by atoms with Gasteiger partial charge in [0.2, 0.25) is 0 Å². The summed E-state index contributed by atoms with van der Waals surface area (Å²) in [5.41, 5.74) is 22.9. The Labute approximate surface area is 219 Å². The standard InChI is InChI=1S/C36H31N/c1-35(2)31-11-7-5-9-26(31)28-16-13-22(19-33(28)35)25-18-15-24(37)21-30(25)23-14-17-29-27-10-6-8-12-32(27)36(3,4)34(29)20-23/h5-21H,37H2,1-4H3. The molecule has 5 aromatic carbocycles. The van der Waals surface area contributed by atoms with Crippen LogP contribution >= 0.6 is 0 Å². The molecule has 0 spiro atoms. The second kappa shape index (κ2) is 7.46. The summed E-state index contributed by atoms with van der Waals surface area (Å²) in [7, 11) is 0. The lowest BCUT2D eigenvalue weighted by molar-refractivity contribution is 0.660. The molecule has 37 heavy (non-hydrogen) atoms. The highest BCUT2D eigenvalue weighted by atomic mass is 14.5. The summed E-state index contributed by atoms with van der Waals surface area (Å²) >= 11 is 0. The zero-order chi connectivity index (χ0) is 25.5. The Morgan fingerprint density at radius 3 is 1.38 bits per heavy atom. The second-order valence-corrected chi connectivity index (χ2v) is 11.7. The van der Waals surface area contributed by atoms with Gasteiger partial charge < -0.3 is 5.73 Å². The van der Waals surface area contributed by atoms with E-state index in [4.69, 9.17) is 5.73 Å². The van der Waals surface area contributed by atoms with Gasteiger partial charge in [0, 0.05) is 16.5 Å². The second-order valence-electron chi connectivity index (χ2n) is 11.7. The number of hydrogen-bond donors (Lipinski definition) is 1. The molecule has 2 aliphatic carbocycles. The molecule has 0 heterocycles. The van der Waals surface area contributed by atoms with Crippen molar-refractivity contribution in [3.63, 3.8) is 0 Å². The molecule has 0 bridgehead atoms. The molecule has 1 nitrogen and oxygen atoms in total. The zero-order valence-electron chi connectivity index (χ0n) is 21.9. The van der Waals surface area contributed by atoms with Crippen molar-refractivity contribution in [2.24, 2.45) is 0 Å². The minimum atomic E-state index is -0.0359. The Balaban J connectivity index is 1.39. The Morgan fingerprint density at radius 2 is 0.838 bits per heavy atom. The summed E-state index contributed by atoms with van der Waals surface area (Å²) in [5, 5.41) is 0. The lowest BCUT2D eigenvalue weighted by atomic mass is 9.80. The van der Waals surface area contributed by atoms with Crippen LogP contribution in [0.15, 0.2) is 103 Å². The molecule has 2 aliphatic rings. The van der Waals surface area contributed by atoms with Crippen LogP contribution in [-0.4, -0.2) is 0 Å². The Morgan fingerprint density at radius 1 is 0.405 bits per heavy atom. The van der Waals surface area contributed by atoms with Gasteiger partial charge in [-0.1, -0.05) is 107 Å². The van der Waals surface area contributed by atoms with Crippen LogP contribution in [-0.2, 0) is 10.8 Å². The molecule has 1 heteroatoms. The maximum atomic E-state index is 6.37. The maximum Gasteiger partial charge on any atom is 0.0320 e. The van der Waals surface area contributed by atoms with Crippen LogP contribution in [0.25, 0.3) is 44.5 Å². The highest BCUT2D eigenvalue weighted by Crippen LogP contribution is 2.52. The summed E-state index contributed by atoms with van der Waals surface area (Å²) in [6, 6.07) is 37.9. The average Bonchev–Trinajstić information content (AvgIpc) is 3.28. The van der Waals surface area contributed by atoms with E-state index in [1.165, 1.54) is 66.8 Å². The third-order valence-corrected chi connectivity index (χ3v) is 8.83. The SMILES string of the molecule is CC1(C)c2ccccc2-c2ccc(-c3ccc(N)cc3-c3ccc4c(c3)C(C)(C)c3ccccc3-4)cc21. The van der Waals surface area contributed by atoms with Crippen LogP contribution in [0.2, 0.25) is 0 Å². The van der Waals surface area contributed by atoms with Crippen LogP contribution in [0.1, 0.15) is 49.9 Å². The fraction of sp³-hybridized carbons (Fsp3) is 0.167. The van der Waals surface area contributed by atoms with Gasteiger partial charge in [-0.2, -0.15) is 0 Å². The maximum absolute atomic E-state index is 6.37.